The zero-order valence-electron chi connectivity index (χ0n) is 9.95. The summed E-state index contributed by atoms with van der Waals surface area (Å²) in [6.07, 6.45) is 4.54. The van der Waals surface area contributed by atoms with Gasteiger partial charge in [0.25, 0.3) is 5.69 Å². The average molecular weight is 245 g/mol. The van der Waals surface area contributed by atoms with Crippen LogP contribution >= 0.6 is 0 Å². The van der Waals surface area contributed by atoms with Gasteiger partial charge in [-0.05, 0) is 18.1 Å². The van der Waals surface area contributed by atoms with Crippen molar-refractivity contribution in [2.75, 3.05) is 0 Å². The molecule has 0 atom stereocenters. The van der Waals surface area contributed by atoms with Gasteiger partial charge in [-0.25, -0.2) is 0 Å². The van der Waals surface area contributed by atoms with E-state index in [0.29, 0.717) is 19.5 Å². The SMILES string of the molecule is NCc1ccn(CCc2ccccc2[N+](=O)[O-])c1. The molecule has 2 N–H and O–H groups in total. The maximum atomic E-state index is 10.9. The van der Waals surface area contributed by atoms with Gasteiger partial charge < -0.3 is 10.3 Å². The molecule has 0 aliphatic carbocycles. The lowest BCUT2D eigenvalue weighted by Gasteiger charge is -2.04. The Bertz CT molecular complexity index is 549. The second kappa shape index (κ2) is 5.46. The van der Waals surface area contributed by atoms with Gasteiger partial charge in [-0.1, -0.05) is 18.2 Å². The predicted octanol–water partition coefficient (Wildman–Crippen LogP) is 2.10. The van der Waals surface area contributed by atoms with E-state index in [1.807, 2.05) is 29.1 Å². The second-order valence-corrected chi connectivity index (χ2v) is 4.10. The van der Waals surface area contributed by atoms with Gasteiger partial charge in [-0.3, -0.25) is 10.1 Å². The first-order valence-corrected chi connectivity index (χ1v) is 5.77. The van der Waals surface area contributed by atoms with Crippen LogP contribution in [0.4, 0.5) is 5.69 Å². The van der Waals surface area contributed by atoms with E-state index in [4.69, 9.17) is 5.73 Å². The molecule has 1 aromatic carbocycles. The quantitative estimate of drug-likeness (QED) is 0.647. The summed E-state index contributed by atoms with van der Waals surface area (Å²) in [6, 6.07) is 8.80. The first-order chi connectivity index (χ1) is 8.70. The van der Waals surface area contributed by atoms with E-state index < -0.39 is 0 Å². The van der Waals surface area contributed by atoms with Crippen molar-refractivity contribution in [1.29, 1.82) is 0 Å². The van der Waals surface area contributed by atoms with Crippen molar-refractivity contribution in [3.63, 3.8) is 0 Å². The molecular weight excluding hydrogens is 230 g/mol. The molecule has 0 aliphatic heterocycles. The fraction of sp³-hybridized carbons (Fsp3) is 0.231. The summed E-state index contributed by atoms with van der Waals surface area (Å²) < 4.78 is 2.00. The normalized spacial score (nSPS) is 10.5. The van der Waals surface area contributed by atoms with Crippen molar-refractivity contribution in [2.45, 2.75) is 19.5 Å². The van der Waals surface area contributed by atoms with Crippen LogP contribution in [0.5, 0.6) is 0 Å². The van der Waals surface area contributed by atoms with Crippen molar-refractivity contribution in [1.82, 2.24) is 4.57 Å². The molecule has 0 radical (unpaired) electrons. The number of aryl methyl sites for hydroxylation is 2. The first-order valence-electron chi connectivity index (χ1n) is 5.77. The van der Waals surface area contributed by atoms with Crippen molar-refractivity contribution in [2.24, 2.45) is 5.73 Å². The summed E-state index contributed by atoms with van der Waals surface area (Å²) in [5.41, 5.74) is 7.54. The van der Waals surface area contributed by atoms with E-state index >= 15 is 0 Å². The average Bonchev–Trinajstić information content (AvgIpc) is 2.84. The number of nitrogens with zero attached hydrogens (tertiary/aromatic N) is 2. The number of benzene rings is 1. The Morgan fingerprint density at radius 1 is 1.28 bits per heavy atom. The van der Waals surface area contributed by atoms with Gasteiger partial charge >= 0.3 is 0 Å². The number of para-hydroxylation sites is 1. The van der Waals surface area contributed by atoms with E-state index in [2.05, 4.69) is 0 Å². The highest BCUT2D eigenvalue weighted by atomic mass is 16.6. The minimum atomic E-state index is -0.337. The third-order valence-electron chi connectivity index (χ3n) is 2.88. The Balaban J connectivity index is 2.08. The highest BCUT2D eigenvalue weighted by Gasteiger charge is 2.11. The lowest BCUT2D eigenvalue weighted by atomic mass is 10.1. The van der Waals surface area contributed by atoms with Gasteiger partial charge in [0.2, 0.25) is 0 Å². The molecule has 0 bridgehead atoms. The Labute approximate surface area is 105 Å². The van der Waals surface area contributed by atoms with E-state index in [9.17, 15) is 10.1 Å². The van der Waals surface area contributed by atoms with Crippen LogP contribution in [0.2, 0.25) is 0 Å². The summed E-state index contributed by atoms with van der Waals surface area (Å²) in [5.74, 6) is 0. The first kappa shape index (κ1) is 12.3. The monoisotopic (exact) mass is 245 g/mol. The Morgan fingerprint density at radius 3 is 2.72 bits per heavy atom. The number of aromatic nitrogens is 1. The molecule has 0 saturated heterocycles. The molecule has 1 aromatic heterocycles. The molecule has 0 amide bonds. The maximum absolute atomic E-state index is 10.9. The molecule has 0 aliphatic rings. The molecule has 5 nitrogen and oxygen atoms in total. The lowest BCUT2D eigenvalue weighted by Crippen LogP contribution is -2.02. The highest BCUT2D eigenvalue weighted by molar-refractivity contribution is 5.39. The molecule has 0 spiro atoms. The van der Waals surface area contributed by atoms with Crippen molar-refractivity contribution < 1.29 is 4.92 Å². The maximum Gasteiger partial charge on any atom is 0.272 e. The lowest BCUT2D eigenvalue weighted by molar-refractivity contribution is -0.385. The summed E-state index contributed by atoms with van der Waals surface area (Å²) in [5, 5.41) is 10.9. The molecule has 18 heavy (non-hydrogen) atoms. The largest absolute Gasteiger partial charge is 0.354 e. The number of rotatable bonds is 5. The van der Waals surface area contributed by atoms with Crippen molar-refractivity contribution >= 4 is 5.69 Å². The molecular formula is C13H15N3O2. The third kappa shape index (κ3) is 2.75. The summed E-state index contributed by atoms with van der Waals surface area (Å²) >= 11 is 0. The van der Waals surface area contributed by atoms with E-state index in [1.165, 1.54) is 6.07 Å². The van der Waals surface area contributed by atoms with Crippen molar-refractivity contribution in [3.8, 4) is 0 Å². The van der Waals surface area contributed by atoms with Gasteiger partial charge in [0.15, 0.2) is 0 Å². The minimum absolute atomic E-state index is 0.184. The van der Waals surface area contributed by atoms with E-state index in [-0.39, 0.29) is 10.6 Å². The third-order valence-corrected chi connectivity index (χ3v) is 2.88. The fourth-order valence-corrected chi connectivity index (χ4v) is 1.90. The molecule has 0 unspecified atom stereocenters. The molecule has 0 fully saturated rings. The summed E-state index contributed by atoms with van der Waals surface area (Å²) in [7, 11) is 0. The van der Waals surface area contributed by atoms with Gasteiger partial charge in [0, 0.05) is 37.1 Å². The summed E-state index contributed by atoms with van der Waals surface area (Å²) in [4.78, 5) is 10.5. The Hall–Kier alpha value is -2.14. The molecule has 0 saturated carbocycles. The number of hydrogen-bond donors (Lipinski definition) is 1. The van der Waals surface area contributed by atoms with Crippen molar-refractivity contribution in [3.05, 3.63) is 64.0 Å². The molecule has 2 aromatic rings. The Kier molecular flexibility index (Phi) is 3.74. The Morgan fingerprint density at radius 2 is 2.06 bits per heavy atom. The minimum Gasteiger partial charge on any atom is -0.354 e. The van der Waals surface area contributed by atoms with Crippen LogP contribution in [-0.4, -0.2) is 9.49 Å². The van der Waals surface area contributed by atoms with Crippen LogP contribution in [0.3, 0.4) is 0 Å². The summed E-state index contributed by atoms with van der Waals surface area (Å²) in [6.45, 7) is 1.23. The zero-order chi connectivity index (χ0) is 13.0. The fourth-order valence-electron chi connectivity index (χ4n) is 1.90. The van der Waals surface area contributed by atoms with Gasteiger partial charge in [0.05, 0.1) is 4.92 Å². The smallest absolute Gasteiger partial charge is 0.272 e. The number of hydrogen-bond acceptors (Lipinski definition) is 3. The van der Waals surface area contributed by atoms with Gasteiger partial charge in [-0.15, -0.1) is 0 Å². The molecule has 94 valence electrons. The van der Waals surface area contributed by atoms with Gasteiger partial charge in [-0.2, -0.15) is 0 Å². The van der Waals surface area contributed by atoms with Crippen LogP contribution in [0.15, 0.2) is 42.7 Å². The van der Waals surface area contributed by atoms with Crippen LogP contribution < -0.4 is 5.73 Å². The molecule has 2 rings (SSSR count). The van der Waals surface area contributed by atoms with E-state index in [0.717, 1.165) is 11.1 Å². The van der Waals surface area contributed by atoms with Crippen LogP contribution in [0.1, 0.15) is 11.1 Å². The predicted molar refractivity (Wildman–Crippen MR) is 69.1 cm³/mol. The second-order valence-electron chi connectivity index (χ2n) is 4.10. The topological polar surface area (TPSA) is 74.1 Å². The number of nitro benzene ring substituents is 1. The zero-order valence-corrected chi connectivity index (χ0v) is 9.95. The van der Waals surface area contributed by atoms with Gasteiger partial charge in [0.1, 0.15) is 0 Å². The van der Waals surface area contributed by atoms with Crippen LogP contribution in [-0.2, 0) is 19.5 Å². The molecule has 1 heterocycles. The number of nitrogens with two attached hydrogens (primary N) is 1. The van der Waals surface area contributed by atoms with E-state index in [1.54, 1.807) is 12.1 Å². The molecule has 5 heteroatoms. The van der Waals surface area contributed by atoms with Crippen LogP contribution in [0.25, 0.3) is 0 Å². The highest BCUT2D eigenvalue weighted by Crippen LogP contribution is 2.18. The standard InChI is InChI=1S/C13H15N3O2/c14-9-11-5-7-15(10-11)8-6-12-3-1-2-4-13(12)16(17)18/h1-5,7,10H,6,8-9,14H2. The number of nitro groups is 1. The van der Waals surface area contributed by atoms with Crippen LogP contribution in [0, 0.1) is 10.1 Å².